The fraction of sp³-hybridized carbons (Fsp3) is 0.333. The minimum absolute atomic E-state index is 0.120. The number of aromatic nitrogens is 2. The highest BCUT2D eigenvalue weighted by molar-refractivity contribution is 6.31. The number of aliphatic hydroxyl groups is 1. The lowest BCUT2D eigenvalue weighted by atomic mass is 9.88. The van der Waals surface area contributed by atoms with Gasteiger partial charge in [0.15, 0.2) is 0 Å². The Morgan fingerprint density at radius 2 is 1.83 bits per heavy atom. The van der Waals surface area contributed by atoms with E-state index in [2.05, 4.69) is 15.5 Å². The summed E-state index contributed by atoms with van der Waals surface area (Å²) in [6.07, 6.45) is 2.94. The SMILES string of the molecule is O=C(Nc1ccc(Cl)cc1)N1C[C@@H]2C[C@@](O)(c3cc(Cl)cc4[nH]ncc34)C[C@@H]2C1. The van der Waals surface area contributed by atoms with Crippen molar-refractivity contribution in [2.45, 2.75) is 18.4 Å². The molecule has 1 aliphatic heterocycles. The zero-order valence-corrected chi connectivity index (χ0v) is 17.0. The molecule has 2 aliphatic rings. The number of urea groups is 1. The Kier molecular flexibility index (Phi) is 4.46. The normalized spacial score (nSPS) is 26.1. The summed E-state index contributed by atoms with van der Waals surface area (Å²) in [6, 6.07) is 10.6. The van der Waals surface area contributed by atoms with Gasteiger partial charge in [0.25, 0.3) is 0 Å². The highest BCUT2D eigenvalue weighted by Gasteiger charge is 2.50. The zero-order valence-electron chi connectivity index (χ0n) is 15.5. The maximum Gasteiger partial charge on any atom is 0.321 e. The molecule has 1 saturated carbocycles. The predicted molar refractivity (Wildman–Crippen MR) is 113 cm³/mol. The number of carbonyl (C=O) groups is 1. The Morgan fingerprint density at radius 3 is 2.52 bits per heavy atom. The molecule has 8 heteroatoms. The summed E-state index contributed by atoms with van der Waals surface area (Å²) in [5.41, 5.74) is 1.40. The lowest BCUT2D eigenvalue weighted by Gasteiger charge is -2.27. The van der Waals surface area contributed by atoms with Crippen molar-refractivity contribution in [2.75, 3.05) is 18.4 Å². The van der Waals surface area contributed by atoms with Crippen molar-refractivity contribution in [3.63, 3.8) is 0 Å². The molecular weight excluding hydrogens is 411 g/mol. The van der Waals surface area contributed by atoms with Gasteiger partial charge in [0.1, 0.15) is 0 Å². The summed E-state index contributed by atoms with van der Waals surface area (Å²) in [7, 11) is 0. The van der Waals surface area contributed by atoms with Crippen molar-refractivity contribution in [1.29, 1.82) is 0 Å². The first kappa shape index (κ1) is 18.7. The second kappa shape index (κ2) is 6.90. The number of likely N-dealkylation sites (tertiary alicyclic amines) is 1. The highest BCUT2D eigenvalue weighted by atomic mass is 35.5. The fourth-order valence-corrected chi connectivity index (χ4v) is 5.22. The molecule has 0 unspecified atom stereocenters. The number of fused-ring (bicyclic) bond motifs is 2. The third kappa shape index (κ3) is 3.35. The van der Waals surface area contributed by atoms with Gasteiger partial charge in [-0.25, -0.2) is 4.79 Å². The van der Waals surface area contributed by atoms with Crippen molar-refractivity contribution in [3.8, 4) is 0 Å². The molecular formula is C21H20Cl2N4O2. The maximum atomic E-state index is 12.6. The van der Waals surface area contributed by atoms with Crippen LogP contribution >= 0.6 is 23.2 Å². The van der Waals surface area contributed by atoms with Crippen molar-refractivity contribution in [1.82, 2.24) is 15.1 Å². The molecule has 1 aromatic heterocycles. The molecule has 2 heterocycles. The van der Waals surface area contributed by atoms with Crippen LogP contribution in [0.15, 0.2) is 42.6 Å². The summed E-state index contributed by atoms with van der Waals surface area (Å²) in [5.74, 6) is 0.494. The van der Waals surface area contributed by atoms with Crippen LogP contribution in [0.1, 0.15) is 18.4 Å². The molecule has 0 bridgehead atoms. The average Bonchev–Trinajstić information content (AvgIpc) is 3.36. The second-order valence-electron chi connectivity index (χ2n) is 8.09. The number of nitrogens with one attached hydrogen (secondary N) is 2. The maximum absolute atomic E-state index is 12.6. The molecule has 6 nitrogen and oxygen atoms in total. The Bertz CT molecular complexity index is 1070. The molecule has 3 aromatic rings. The molecule has 3 N–H and O–H groups in total. The van der Waals surface area contributed by atoms with Crippen molar-refractivity contribution in [3.05, 3.63) is 58.2 Å². The monoisotopic (exact) mass is 430 g/mol. The smallest absolute Gasteiger partial charge is 0.321 e. The molecule has 2 fully saturated rings. The molecule has 2 amide bonds. The van der Waals surface area contributed by atoms with E-state index in [9.17, 15) is 9.90 Å². The van der Waals surface area contributed by atoms with Gasteiger partial charge in [-0.05, 0) is 66.6 Å². The van der Waals surface area contributed by atoms with Crippen LogP contribution < -0.4 is 5.32 Å². The number of halogens is 2. The third-order valence-corrected chi connectivity index (χ3v) is 6.65. The number of H-pyrrole nitrogens is 1. The fourth-order valence-electron chi connectivity index (χ4n) is 4.87. The third-order valence-electron chi connectivity index (χ3n) is 6.18. The van der Waals surface area contributed by atoms with Crippen molar-refractivity contribution in [2.24, 2.45) is 11.8 Å². The van der Waals surface area contributed by atoms with E-state index < -0.39 is 5.60 Å². The van der Waals surface area contributed by atoms with Gasteiger partial charge >= 0.3 is 6.03 Å². The number of amides is 2. The van der Waals surface area contributed by atoms with Gasteiger partial charge < -0.3 is 15.3 Å². The predicted octanol–water partition coefficient (Wildman–Crippen LogP) is 4.63. The van der Waals surface area contributed by atoms with Gasteiger partial charge in [-0.3, -0.25) is 5.10 Å². The van der Waals surface area contributed by atoms with Crippen LogP contribution in [0.2, 0.25) is 10.0 Å². The van der Waals surface area contributed by atoms with Crippen molar-refractivity contribution >= 4 is 45.8 Å². The van der Waals surface area contributed by atoms with E-state index in [1.165, 1.54) is 0 Å². The van der Waals surface area contributed by atoms with E-state index in [1.54, 1.807) is 30.5 Å². The molecule has 0 spiro atoms. The summed E-state index contributed by atoms with van der Waals surface area (Å²) in [6.45, 7) is 1.25. The molecule has 1 aliphatic carbocycles. The zero-order chi connectivity index (χ0) is 20.2. The summed E-state index contributed by atoms with van der Waals surface area (Å²) in [5, 5.41) is 23.5. The first-order valence-corrected chi connectivity index (χ1v) is 10.3. The lowest BCUT2D eigenvalue weighted by Crippen LogP contribution is -2.35. The van der Waals surface area contributed by atoms with Gasteiger partial charge in [0.2, 0.25) is 0 Å². The number of hydrogen-bond donors (Lipinski definition) is 3. The lowest BCUT2D eigenvalue weighted by molar-refractivity contribution is 0.0343. The van der Waals surface area contributed by atoms with Crippen LogP contribution in [0.5, 0.6) is 0 Å². The number of nitrogens with zero attached hydrogens (tertiary/aromatic N) is 2. The van der Waals surface area contributed by atoms with Gasteiger partial charge in [0.05, 0.1) is 17.3 Å². The Hall–Kier alpha value is -2.28. The van der Waals surface area contributed by atoms with E-state index in [4.69, 9.17) is 23.2 Å². The van der Waals surface area contributed by atoms with E-state index in [0.717, 1.165) is 16.5 Å². The second-order valence-corrected chi connectivity index (χ2v) is 8.96. The first-order valence-electron chi connectivity index (χ1n) is 9.58. The minimum atomic E-state index is -0.957. The highest BCUT2D eigenvalue weighted by Crippen LogP contribution is 2.50. The van der Waals surface area contributed by atoms with Crippen LogP contribution in [0.3, 0.4) is 0 Å². The van der Waals surface area contributed by atoms with Crippen LogP contribution in [0.4, 0.5) is 10.5 Å². The molecule has 1 saturated heterocycles. The molecule has 5 rings (SSSR count). The van der Waals surface area contributed by atoms with Gasteiger partial charge in [-0.1, -0.05) is 23.2 Å². The van der Waals surface area contributed by atoms with Crippen LogP contribution in [-0.4, -0.2) is 39.3 Å². The average molecular weight is 431 g/mol. The number of anilines is 1. The molecule has 3 atom stereocenters. The number of aromatic amines is 1. The van der Waals surface area contributed by atoms with Crippen LogP contribution in [0, 0.1) is 11.8 Å². The minimum Gasteiger partial charge on any atom is -0.385 e. The molecule has 29 heavy (non-hydrogen) atoms. The van der Waals surface area contributed by atoms with Crippen molar-refractivity contribution < 1.29 is 9.90 Å². The Morgan fingerprint density at radius 1 is 1.14 bits per heavy atom. The van der Waals surface area contributed by atoms with Gasteiger partial charge in [-0.2, -0.15) is 5.10 Å². The summed E-state index contributed by atoms with van der Waals surface area (Å²) < 4.78 is 0. The molecule has 0 radical (unpaired) electrons. The standard InChI is InChI=1S/C21H20Cl2N4O2/c22-14-1-3-16(4-2-14)25-20(28)27-10-12-7-21(29,8-13(12)11-27)18-5-15(23)6-19-17(18)9-24-26-19/h1-6,9,12-13,29H,7-8,10-11H2,(H,24,26)(H,25,28)/t12-,13+,21-. The van der Waals surface area contributed by atoms with E-state index in [-0.39, 0.29) is 17.9 Å². The number of benzene rings is 2. The summed E-state index contributed by atoms with van der Waals surface area (Å²) in [4.78, 5) is 14.5. The first-order chi connectivity index (χ1) is 13.9. The van der Waals surface area contributed by atoms with Crippen LogP contribution in [-0.2, 0) is 5.60 Å². The van der Waals surface area contributed by atoms with E-state index >= 15 is 0 Å². The Labute approximate surface area is 177 Å². The van der Waals surface area contributed by atoms with Gasteiger partial charge in [0, 0.05) is 34.2 Å². The number of rotatable bonds is 2. The van der Waals surface area contributed by atoms with E-state index in [0.29, 0.717) is 41.7 Å². The van der Waals surface area contributed by atoms with Gasteiger partial charge in [-0.15, -0.1) is 0 Å². The Balaban J connectivity index is 1.31. The van der Waals surface area contributed by atoms with E-state index in [1.807, 2.05) is 17.0 Å². The summed E-state index contributed by atoms with van der Waals surface area (Å²) >= 11 is 12.2. The topological polar surface area (TPSA) is 81.3 Å². The number of carbonyl (C=O) groups excluding carboxylic acids is 1. The number of hydrogen-bond acceptors (Lipinski definition) is 3. The molecule has 2 aromatic carbocycles. The van der Waals surface area contributed by atoms with Crippen LogP contribution in [0.25, 0.3) is 10.9 Å². The largest absolute Gasteiger partial charge is 0.385 e. The molecule has 150 valence electrons. The quantitative estimate of drug-likeness (QED) is 0.554.